The predicted octanol–water partition coefficient (Wildman–Crippen LogP) is 3.37. The van der Waals surface area contributed by atoms with Crippen molar-refractivity contribution in [3.63, 3.8) is 0 Å². The van der Waals surface area contributed by atoms with Gasteiger partial charge in [-0.1, -0.05) is 26.0 Å². The van der Waals surface area contributed by atoms with E-state index in [9.17, 15) is 0 Å². The van der Waals surface area contributed by atoms with Crippen LogP contribution in [0.2, 0.25) is 0 Å². The highest BCUT2D eigenvalue weighted by Gasteiger charge is 2.12. The predicted molar refractivity (Wildman–Crippen MR) is 75.4 cm³/mol. The van der Waals surface area contributed by atoms with Gasteiger partial charge in [0.05, 0.1) is 13.2 Å². The summed E-state index contributed by atoms with van der Waals surface area (Å²) < 4.78 is 11.4. The molecule has 0 spiro atoms. The van der Waals surface area contributed by atoms with Gasteiger partial charge in [-0.3, -0.25) is 0 Å². The molecule has 0 amide bonds. The minimum atomic E-state index is 0.200. The minimum absolute atomic E-state index is 0.200. The molecule has 3 heteroatoms. The van der Waals surface area contributed by atoms with Crippen LogP contribution in [0.25, 0.3) is 0 Å². The summed E-state index contributed by atoms with van der Waals surface area (Å²) in [7, 11) is 1.68. The van der Waals surface area contributed by atoms with Gasteiger partial charge >= 0.3 is 0 Å². The summed E-state index contributed by atoms with van der Waals surface area (Å²) in [6.07, 6.45) is 2.32. The molecule has 0 aliphatic rings. The van der Waals surface area contributed by atoms with E-state index in [4.69, 9.17) is 9.47 Å². The molecule has 1 aromatic carbocycles. The number of para-hydroxylation sites is 1. The Kier molecular flexibility index (Phi) is 6.58. The molecule has 1 aromatic rings. The van der Waals surface area contributed by atoms with E-state index >= 15 is 0 Å². The highest BCUT2D eigenvalue weighted by molar-refractivity contribution is 5.46. The Morgan fingerprint density at radius 1 is 1.28 bits per heavy atom. The minimum Gasteiger partial charge on any atom is -0.493 e. The number of hydrogen-bond donors (Lipinski definition) is 1. The number of rotatable bonds is 8. The largest absolute Gasteiger partial charge is 0.493 e. The molecule has 0 bridgehead atoms. The van der Waals surface area contributed by atoms with Crippen molar-refractivity contribution in [1.82, 2.24) is 5.32 Å². The van der Waals surface area contributed by atoms with Gasteiger partial charge in [-0.25, -0.2) is 0 Å². The van der Waals surface area contributed by atoms with Crippen LogP contribution in [0.1, 0.15) is 39.2 Å². The summed E-state index contributed by atoms with van der Waals surface area (Å²) in [5, 5.41) is 3.40. The van der Waals surface area contributed by atoms with Crippen LogP contribution >= 0.6 is 0 Å². The van der Waals surface area contributed by atoms with Gasteiger partial charge in [0.25, 0.3) is 0 Å². The van der Waals surface area contributed by atoms with Gasteiger partial charge in [0.2, 0.25) is 0 Å². The third kappa shape index (κ3) is 4.22. The molecule has 0 saturated carbocycles. The monoisotopic (exact) mass is 251 g/mol. The van der Waals surface area contributed by atoms with Crippen LogP contribution in [0.15, 0.2) is 18.2 Å². The summed E-state index contributed by atoms with van der Waals surface area (Å²) in [4.78, 5) is 0. The Hall–Kier alpha value is -1.22. The lowest BCUT2D eigenvalue weighted by Crippen LogP contribution is -2.17. The molecular formula is C15H25NO2. The zero-order chi connectivity index (χ0) is 13.4. The summed E-state index contributed by atoms with van der Waals surface area (Å²) in [5.41, 5.74) is 1.16. The Morgan fingerprint density at radius 3 is 2.67 bits per heavy atom. The van der Waals surface area contributed by atoms with Crippen molar-refractivity contribution in [3.8, 4) is 11.5 Å². The van der Waals surface area contributed by atoms with Gasteiger partial charge in [-0.05, 0) is 32.4 Å². The average molecular weight is 251 g/mol. The van der Waals surface area contributed by atoms with Crippen LogP contribution in [0.3, 0.4) is 0 Å². The van der Waals surface area contributed by atoms with Crippen molar-refractivity contribution in [2.75, 3.05) is 13.7 Å². The molecule has 1 N–H and O–H groups in total. The molecule has 0 aliphatic heterocycles. The molecule has 0 heterocycles. The Labute approximate surface area is 110 Å². The maximum absolute atomic E-state index is 5.98. The fraction of sp³-hybridized carbons (Fsp3) is 0.600. The van der Waals surface area contributed by atoms with Crippen molar-refractivity contribution in [1.29, 1.82) is 0 Å². The smallest absolute Gasteiger partial charge is 0.166 e. The molecule has 0 saturated heterocycles. The molecule has 0 radical (unpaired) electrons. The summed E-state index contributed by atoms with van der Waals surface area (Å²) in [6, 6.07) is 6.04. The molecule has 0 fully saturated rings. The Morgan fingerprint density at radius 2 is 2.06 bits per heavy atom. The van der Waals surface area contributed by atoms with Gasteiger partial charge in [0, 0.05) is 12.1 Å². The SMILES string of the molecule is CCCNCc1cccc(OC)c1OC(C)CC. The van der Waals surface area contributed by atoms with Crippen LogP contribution in [0.4, 0.5) is 0 Å². The summed E-state index contributed by atoms with van der Waals surface area (Å²) in [6.45, 7) is 8.19. The summed E-state index contributed by atoms with van der Waals surface area (Å²) >= 11 is 0. The van der Waals surface area contributed by atoms with Crippen LogP contribution in [0, 0.1) is 0 Å². The lowest BCUT2D eigenvalue weighted by atomic mass is 10.1. The number of hydrogen-bond acceptors (Lipinski definition) is 3. The molecular weight excluding hydrogens is 226 g/mol. The quantitative estimate of drug-likeness (QED) is 0.719. The zero-order valence-electron chi connectivity index (χ0n) is 12.0. The first kappa shape index (κ1) is 14.8. The van der Waals surface area contributed by atoms with Crippen molar-refractivity contribution < 1.29 is 9.47 Å². The first-order valence-electron chi connectivity index (χ1n) is 6.76. The molecule has 1 rings (SSSR count). The molecule has 3 nitrogen and oxygen atoms in total. The third-order valence-corrected chi connectivity index (χ3v) is 2.92. The second-order valence-electron chi connectivity index (χ2n) is 4.46. The van der Waals surface area contributed by atoms with Gasteiger partial charge in [-0.2, -0.15) is 0 Å². The molecule has 1 atom stereocenters. The first-order valence-corrected chi connectivity index (χ1v) is 6.76. The van der Waals surface area contributed by atoms with Crippen molar-refractivity contribution in [2.24, 2.45) is 0 Å². The first-order chi connectivity index (χ1) is 8.72. The van der Waals surface area contributed by atoms with Crippen LogP contribution in [-0.2, 0) is 6.54 Å². The second-order valence-corrected chi connectivity index (χ2v) is 4.46. The zero-order valence-corrected chi connectivity index (χ0v) is 12.0. The maximum atomic E-state index is 5.98. The van der Waals surface area contributed by atoms with Crippen LogP contribution in [0.5, 0.6) is 11.5 Å². The average Bonchev–Trinajstić information content (AvgIpc) is 2.40. The standard InChI is InChI=1S/C15H25NO2/c1-5-10-16-11-13-8-7-9-14(17-4)15(13)18-12(3)6-2/h7-9,12,16H,5-6,10-11H2,1-4H3. The second kappa shape index (κ2) is 7.98. The van der Waals surface area contributed by atoms with E-state index in [1.165, 1.54) is 0 Å². The van der Waals surface area contributed by atoms with E-state index in [1.807, 2.05) is 12.1 Å². The Balaban J connectivity index is 2.85. The summed E-state index contributed by atoms with van der Waals surface area (Å²) in [5.74, 6) is 1.68. The number of ether oxygens (including phenoxy) is 2. The number of nitrogens with one attached hydrogen (secondary N) is 1. The number of benzene rings is 1. The number of methoxy groups -OCH3 is 1. The normalized spacial score (nSPS) is 12.2. The topological polar surface area (TPSA) is 30.5 Å². The molecule has 18 heavy (non-hydrogen) atoms. The van der Waals surface area contributed by atoms with Crippen molar-refractivity contribution >= 4 is 0 Å². The van der Waals surface area contributed by atoms with Gasteiger partial charge in [-0.15, -0.1) is 0 Å². The molecule has 1 unspecified atom stereocenters. The van der Waals surface area contributed by atoms with E-state index in [0.717, 1.165) is 43.0 Å². The van der Waals surface area contributed by atoms with E-state index in [1.54, 1.807) is 7.11 Å². The molecule has 0 aliphatic carbocycles. The third-order valence-electron chi connectivity index (χ3n) is 2.92. The van der Waals surface area contributed by atoms with Crippen LogP contribution < -0.4 is 14.8 Å². The molecule has 0 aromatic heterocycles. The van der Waals surface area contributed by atoms with Crippen molar-refractivity contribution in [2.45, 2.75) is 46.3 Å². The highest BCUT2D eigenvalue weighted by atomic mass is 16.5. The lowest BCUT2D eigenvalue weighted by Gasteiger charge is -2.19. The van der Waals surface area contributed by atoms with E-state index in [-0.39, 0.29) is 6.10 Å². The van der Waals surface area contributed by atoms with E-state index in [2.05, 4.69) is 32.2 Å². The lowest BCUT2D eigenvalue weighted by molar-refractivity contribution is 0.205. The van der Waals surface area contributed by atoms with Gasteiger partial charge < -0.3 is 14.8 Å². The van der Waals surface area contributed by atoms with Crippen molar-refractivity contribution in [3.05, 3.63) is 23.8 Å². The molecule has 102 valence electrons. The highest BCUT2D eigenvalue weighted by Crippen LogP contribution is 2.32. The van der Waals surface area contributed by atoms with E-state index < -0.39 is 0 Å². The fourth-order valence-corrected chi connectivity index (χ4v) is 1.68. The van der Waals surface area contributed by atoms with E-state index in [0.29, 0.717) is 0 Å². The maximum Gasteiger partial charge on any atom is 0.166 e. The Bertz CT molecular complexity index is 352. The van der Waals surface area contributed by atoms with Crippen LogP contribution in [-0.4, -0.2) is 19.8 Å². The van der Waals surface area contributed by atoms with Gasteiger partial charge in [0.1, 0.15) is 0 Å². The fourth-order valence-electron chi connectivity index (χ4n) is 1.68. The van der Waals surface area contributed by atoms with Gasteiger partial charge in [0.15, 0.2) is 11.5 Å².